The summed E-state index contributed by atoms with van der Waals surface area (Å²) in [4.78, 5) is 22.1. The van der Waals surface area contributed by atoms with Crippen LogP contribution in [0.3, 0.4) is 0 Å². The van der Waals surface area contributed by atoms with Gasteiger partial charge in [0.25, 0.3) is 0 Å². The lowest BCUT2D eigenvalue weighted by atomic mass is 10.0. The first-order valence-electron chi connectivity index (χ1n) is 11.7. The SMILES string of the molecule is C[C@H]1[C@H](F)C[C@@H](C(=O)NCc2cnc(C(F)(F)F)c(-c3cnc(C(F)(F)F)nc3)c2)N1S(=O)(=O)c1ccc(F)cc1.[HH]. The Morgan fingerprint density at radius 2 is 1.63 bits per heavy atom. The molecule has 3 heterocycles. The first-order chi connectivity index (χ1) is 19.0. The molecule has 0 aliphatic carbocycles. The molecule has 1 N–H and O–H groups in total. The van der Waals surface area contributed by atoms with Crippen molar-refractivity contribution in [2.45, 2.75) is 55.4 Å². The van der Waals surface area contributed by atoms with Crippen LogP contribution in [0.2, 0.25) is 0 Å². The van der Waals surface area contributed by atoms with Gasteiger partial charge in [-0.2, -0.15) is 30.6 Å². The lowest BCUT2D eigenvalue weighted by Gasteiger charge is -2.27. The number of rotatable bonds is 6. The van der Waals surface area contributed by atoms with E-state index >= 15 is 0 Å². The molecule has 3 atom stereocenters. The number of nitrogens with one attached hydrogen (secondary N) is 1. The second kappa shape index (κ2) is 10.9. The molecule has 1 aromatic carbocycles. The van der Waals surface area contributed by atoms with Gasteiger partial charge in [-0.25, -0.2) is 27.2 Å². The first kappa shape index (κ1) is 30.2. The van der Waals surface area contributed by atoms with Crippen molar-refractivity contribution in [3.05, 3.63) is 71.8 Å². The van der Waals surface area contributed by atoms with E-state index in [1.165, 1.54) is 6.92 Å². The molecule has 222 valence electrons. The molecule has 1 fully saturated rings. The highest BCUT2D eigenvalue weighted by molar-refractivity contribution is 7.89. The van der Waals surface area contributed by atoms with E-state index in [1.807, 2.05) is 0 Å². The van der Waals surface area contributed by atoms with Crippen molar-refractivity contribution in [1.29, 1.82) is 0 Å². The molecule has 1 aliphatic heterocycles. The molecule has 0 unspecified atom stereocenters. The van der Waals surface area contributed by atoms with Gasteiger partial charge in [-0.15, -0.1) is 0 Å². The van der Waals surface area contributed by atoms with Crippen molar-refractivity contribution in [2.24, 2.45) is 0 Å². The van der Waals surface area contributed by atoms with Crippen LogP contribution < -0.4 is 5.32 Å². The normalized spacial score (nSPS) is 20.3. The van der Waals surface area contributed by atoms with E-state index < -0.39 is 88.0 Å². The van der Waals surface area contributed by atoms with E-state index in [9.17, 15) is 48.3 Å². The van der Waals surface area contributed by atoms with Crippen molar-refractivity contribution in [3.63, 3.8) is 0 Å². The largest absolute Gasteiger partial charge is 0.451 e. The number of nitrogens with zero attached hydrogens (tertiary/aromatic N) is 4. The third kappa shape index (κ3) is 6.29. The van der Waals surface area contributed by atoms with Crippen LogP contribution >= 0.6 is 0 Å². The molecule has 4 rings (SSSR count). The highest BCUT2D eigenvalue weighted by Crippen LogP contribution is 2.37. The Morgan fingerprint density at radius 1 is 1.02 bits per heavy atom. The topological polar surface area (TPSA) is 105 Å². The Bertz CT molecular complexity index is 1540. The quantitative estimate of drug-likeness (QED) is 0.403. The van der Waals surface area contributed by atoms with Gasteiger partial charge in [0, 0.05) is 44.1 Å². The molecular formula is C24H21F8N5O3S. The maximum atomic E-state index is 14.6. The summed E-state index contributed by atoms with van der Waals surface area (Å²) in [5.74, 6) is -3.26. The van der Waals surface area contributed by atoms with E-state index in [1.54, 1.807) is 0 Å². The maximum Gasteiger partial charge on any atom is 0.451 e. The van der Waals surface area contributed by atoms with Gasteiger partial charge in [-0.1, -0.05) is 0 Å². The van der Waals surface area contributed by atoms with Gasteiger partial charge in [0.1, 0.15) is 18.0 Å². The van der Waals surface area contributed by atoms with Crippen molar-refractivity contribution in [2.75, 3.05) is 0 Å². The highest BCUT2D eigenvalue weighted by Gasteiger charge is 2.49. The average molecular weight is 612 g/mol. The molecular weight excluding hydrogens is 590 g/mol. The number of amides is 1. The molecule has 8 nitrogen and oxygen atoms in total. The molecule has 0 saturated carbocycles. The number of sulfonamides is 1. The van der Waals surface area contributed by atoms with Crippen molar-refractivity contribution in [3.8, 4) is 11.1 Å². The minimum absolute atomic E-state index is 0. The number of halogens is 8. The minimum atomic E-state index is -5.01. The predicted octanol–water partition coefficient (Wildman–Crippen LogP) is 4.77. The molecule has 0 spiro atoms. The molecule has 17 heteroatoms. The maximum absolute atomic E-state index is 14.6. The highest BCUT2D eigenvalue weighted by atomic mass is 32.2. The van der Waals surface area contributed by atoms with Crippen molar-refractivity contribution < 1.29 is 49.8 Å². The van der Waals surface area contributed by atoms with Crippen molar-refractivity contribution in [1.82, 2.24) is 24.6 Å². The van der Waals surface area contributed by atoms with Gasteiger partial charge in [0.2, 0.25) is 21.8 Å². The van der Waals surface area contributed by atoms with Crippen LogP contribution in [0.5, 0.6) is 0 Å². The number of carbonyl (C=O) groups excluding carboxylic acids is 1. The summed E-state index contributed by atoms with van der Waals surface area (Å²) in [5, 5.41) is 2.34. The van der Waals surface area contributed by atoms with Crippen LogP contribution in [-0.4, -0.2) is 51.8 Å². The Kier molecular flexibility index (Phi) is 8.05. The second-order valence-corrected chi connectivity index (χ2v) is 10.9. The number of pyridine rings is 1. The van der Waals surface area contributed by atoms with Gasteiger partial charge in [-0.3, -0.25) is 9.78 Å². The first-order valence-corrected chi connectivity index (χ1v) is 13.1. The number of hydrogen-bond donors (Lipinski definition) is 1. The van der Waals surface area contributed by atoms with Crippen LogP contribution in [0.15, 0.2) is 53.8 Å². The Labute approximate surface area is 229 Å². The molecule has 2 aromatic heterocycles. The van der Waals surface area contributed by atoms with E-state index in [0.29, 0.717) is 16.7 Å². The molecule has 41 heavy (non-hydrogen) atoms. The number of hydrogen-bond acceptors (Lipinski definition) is 6. The lowest BCUT2D eigenvalue weighted by molar-refractivity contribution is -0.145. The van der Waals surface area contributed by atoms with Gasteiger partial charge in [0.05, 0.1) is 10.9 Å². The molecule has 1 amide bonds. The monoisotopic (exact) mass is 611 g/mol. The third-order valence-corrected chi connectivity index (χ3v) is 8.28. The van der Waals surface area contributed by atoms with Crippen LogP contribution in [0.25, 0.3) is 11.1 Å². The summed E-state index contributed by atoms with van der Waals surface area (Å²) in [7, 11) is -4.46. The predicted molar refractivity (Wildman–Crippen MR) is 127 cm³/mol. The zero-order chi connectivity index (χ0) is 30.3. The zero-order valence-corrected chi connectivity index (χ0v) is 21.5. The lowest BCUT2D eigenvalue weighted by Crippen LogP contribution is -2.48. The zero-order valence-electron chi connectivity index (χ0n) is 20.7. The smallest absolute Gasteiger partial charge is 0.351 e. The van der Waals surface area contributed by atoms with Crippen LogP contribution in [-0.2, 0) is 33.7 Å². The Balaban J connectivity index is 0.00000484. The van der Waals surface area contributed by atoms with Gasteiger partial charge < -0.3 is 5.32 Å². The number of benzene rings is 1. The Morgan fingerprint density at radius 3 is 2.20 bits per heavy atom. The standard InChI is InChI=1S/C24H19F8N5O3S.H2/c1-12-18(26)7-19(37(12)41(39,40)16-4-2-15(25)3-5-16)21(38)34-9-13-6-17(20(33-8-13)23(27,28)29)14-10-35-22(36-11-14)24(30,31)32;/h2-6,8,10-12,18-19H,7,9H2,1H3,(H,34,38);1H/t12-,18+,19-;/m0./s1. The summed E-state index contributed by atoms with van der Waals surface area (Å²) in [6, 6.07) is 1.78. The molecule has 1 saturated heterocycles. The third-order valence-electron chi connectivity index (χ3n) is 6.27. The Hall–Kier alpha value is -3.73. The molecule has 0 bridgehead atoms. The number of alkyl halides is 7. The van der Waals surface area contributed by atoms with Crippen LogP contribution in [0, 0.1) is 5.82 Å². The summed E-state index contributed by atoms with van der Waals surface area (Å²) < 4.78 is 134. The molecule has 0 radical (unpaired) electrons. The molecule has 1 aliphatic rings. The van der Waals surface area contributed by atoms with E-state index in [0.717, 1.165) is 36.5 Å². The molecule has 3 aromatic rings. The minimum Gasteiger partial charge on any atom is -0.351 e. The van der Waals surface area contributed by atoms with Gasteiger partial charge in [0.15, 0.2) is 5.69 Å². The van der Waals surface area contributed by atoms with E-state index in [2.05, 4.69) is 20.3 Å². The second-order valence-electron chi connectivity index (χ2n) is 9.05. The number of carbonyl (C=O) groups is 1. The van der Waals surface area contributed by atoms with Gasteiger partial charge >= 0.3 is 12.4 Å². The average Bonchev–Trinajstić information content (AvgIpc) is 3.21. The fraction of sp³-hybridized carbons (Fsp3) is 0.333. The van der Waals surface area contributed by atoms with E-state index in [-0.39, 0.29) is 11.9 Å². The van der Waals surface area contributed by atoms with Gasteiger partial charge in [-0.05, 0) is 42.8 Å². The number of aromatic nitrogens is 3. The summed E-state index contributed by atoms with van der Waals surface area (Å²) >= 11 is 0. The summed E-state index contributed by atoms with van der Waals surface area (Å²) in [5.41, 5.74) is -2.60. The van der Waals surface area contributed by atoms with E-state index in [4.69, 9.17) is 0 Å². The summed E-state index contributed by atoms with van der Waals surface area (Å²) in [6.07, 6.45) is -10.3. The van der Waals surface area contributed by atoms with Crippen LogP contribution in [0.1, 0.15) is 31.9 Å². The van der Waals surface area contributed by atoms with Crippen LogP contribution in [0.4, 0.5) is 35.1 Å². The summed E-state index contributed by atoms with van der Waals surface area (Å²) in [6.45, 7) is 0.752. The fourth-order valence-electron chi connectivity index (χ4n) is 4.27. The fourth-order valence-corrected chi connectivity index (χ4v) is 6.08. The van der Waals surface area contributed by atoms with Crippen molar-refractivity contribution >= 4 is 15.9 Å².